The van der Waals surface area contributed by atoms with Crippen molar-refractivity contribution in [3.63, 3.8) is 0 Å². The van der Waals surface area contributed by atoms with E-state index in [2.05, 4.69) is 9.60 Å². The SMILES string of the molecule is N=C(NC1CCCC1)[C@@H]1CC[C@@H]2CN1C(=O)N2OS(=O)(=O)O. The normalized spacial score (nSPS) is 29.2. The van der Waals surface area contributed by atoms with Gasteiger partial charge in [-0.2, -0.15) is 13.5 Å². The molecule has 2 aliphatic heterocycles. The van der Waals surface area contributed by atoms with Gasteiger partial charge in [-0.15, -0.1) is 4.28 Å². The number of nitrogens with one attached hydrogen (secondary N) is 2. The van der Waals surface area contributed by atoms with Gasteiger partial charge in [0.15, 0.2) is 0 Å². The molecule has 0 spiro atoms. The summed E-state index contributed by atoms with van der Waals surface area (Å²) in [5, 5.41) is 12.1. The molecule has 0 aromatic carbocycles. The van der Waals surface area contributed by atoms with E-state index >= 15 is 0 Å². The van der Waals surface area contributed by atoms with Gasteiger partial charge in [0.2, 0.25) is 0 Å². The van der Waals surface area contributed by atoms with Crippen molar-refractivity contribution in [2.75, 3.05) is 6.54 Å². The van der Waals surface area contributed by atoms with Gasteiger partial charge in [-0.05, 0) is 25.7 Å². The number of amides is 2. The quantitative estimate of drug-likeness (QED) is 0.391. The van der Waals surface area contributed by atoms with Crippen LogP contribution in [0.3, 0.4) is 0 Å². The Hall–Kier alpha value is -1.39. The van der Waals surface area contributed by atoms with Crippen LogP contribution in [0.1, 0.15) is 38.5 Å². The minimum atomic E-state index is -4.73. The van der Waals surface area contributed by atoms with E-state index < -0.39 is 22.5 Å². The summed E-state index contributed by atoms with van der Waals surface area (Å²) in [5.41, 5.74) is 0. The average Bonchev–Trinajstić information content (AvgIpc) is 3.01. The molecule has 2 bridgehead atoms. The van der Waals surface area contributed by atoms with Crippen LogP contribution in [-0.4, -0.2) is 59.5 Å². The van der Waals surface area contributed by atoms with Crippen molar-refractivity contribution in [3.05, 3.63) is 0 Å². The maximum absolute atomic E-state index is 12.2. The van der Waals surface area contributed by atoms with Crippen molar-refractivity contribution in [2.24, 2.45) is 0 Å². The van der Waals surface area contributed by atoms with E-state index in [1.54, 1.807) is 0 Å². The molecule has 2 amide bonds. The van der Waals surface area contributed by atoms with Gasteiger partial charge in [0.25, 0.3) is 0 Å². The Morgan fingerprint density at radius 2 is 1.95 bits per heavy atom. The summed E-state index contributed by atoms with van der Waals surface area (Å²) in [4.78, 5) is 13.7. The molecular formula is C12H20N4O5S. The van der Waals surface area contributed by atoms with Gasteiger partial charge >= 0.3 is 16.4 Å². The number of carbonyl (C=O) groups excluding carboxylic acids is 1. The van der Waals surface area contributed by atoms with Gasteiger partial charge in [-0.3, -0.25) is 9.96 Å². The first-order valence-corrected chi connectivity index (χ1v) is 8.83. The van der Waals surface area contributed by atoms with Crippen LogP contribution < -0.4 is 5.32 Å². The standard InChI is InChI=1S/C12H20N4O5S/c13-11(14-8-3-1-2-4-8)10-6-5-9-7-15(10)12(17)16(9)21-22(18,19)20/h8-10H,1-7H2,(H2,13,14)(H,18,19,20)/t9-,10+/m1/s1. The first kappa shape index (κ1) is 15.5. The van der Waals surface area contributed by atoms with Crippen LogP contribution in [0.5, 0.6) is 0 Å². The van der Waals surface area contributed by atoms with Crippen LogP contribution in [0.2, 0.25) is 0 Å². The number of hydrogen-bond acceptors (Lipinski definition) is 5. The molecule has 0 aromatic rings. The smallest absolute Gasteiger partial charge is 0.370 e. The molecular weight excluding hydrogens is 312 g/mol. The first-order valence-electron chi connectivity index (χ1n) is 7.47. The number of nitrogens with zero attached hydrogens (tertiary/aromatic N) is 2. The molecule has 1 saturated carbocycles. The molecule has 2 atom stereocenters. The zero-order valence-electron chi connectivity index (χ0n) is 12.1. The molecule has 10 heteroatoms. The Bertz CT molecular complexity index is 574. The Morgan fingerprint density at radius 3 is 2.59 bits per heavy atom. The molecule has 0 unspecified atom stereocenters. The summed E-state index contributed by atoms with van der Waals surface area (Å²) in [5.74, 6) is 0.299. The number of amidine groups is 1. The number of hydrogen-bond donors (Lipinski definition) is 3. The van der Waals surface area contributed by atoms with Crippen LogP contribution in [0.15, 0.2) is 0 Å². The topological polar surface area (TPSA) is 123 Å². The minimum Gasteiger partial charge on any atom is -0.370 e. The summed E-state index contributed by atoms with van der Waals surface area (Å²) in [6.07, 6.45) is 5.46. The fourth-order valence-corrected chi connectivity index (χ4v) is 3.91. The van der Waals surface area contributed by atoms with Crippen LogP contribution in [0, 0.1) is 5.41 Å². The molecule has 3 N–H and O–H groups in total. The number of fused-ring (bicyclic) bond motifs is 2. The highest BCUT2D eigenvalue weighted by atomic mass is 32.3. The second kappa shape index (κ2) is 5.67. The third kappa shape index (κ3) is 3.03. The lowest BCUT2D eigenvalue weighted by Crippen LogP contribution is -2.51. The van der Waals surface area contributed by atoms with E-state index in [4.69, 9.17) is 9.96 Å². The van der Waals surface area contributed by atoms with Gasteiger partial charge in [-0.25, -0.2) is 4.79 Å². The van der Waals surface area contributed by atoms with Gasteiger partial charge < -0.3 is 10.2 Å². The van der Waals surface area contributed by atoms with E-state index in [-0.39, 0.29) is 12.1 Å². The largest absolute Gasteiger partial charge is 0.418 e. The van der Waals surface area contributed by atoms with Crippen molar-refractivity contribution in [1.29, 1.82) is 5.41 Å². The molecule has 2 heterocycles. The first-order chi connectivity index (χ1) is 10.3. The zero-order chi connectivity index (χ0) is 15.9. The Labute approximate surface area is 129 Å². The Morgan fingerprint density at radius 1 is 1.27 bits per heavy atom. The van der Waals surface area contributed by atoms with Crippen LogP contribution in [0.4, 0.5) is 4.79 Å². The molecule has 2 saturated heterocycles. The lowest BCUT2D eigenvalue weighted by atomic mass is 9.99. The average molecular weight is 332 g/mol. The number of urea groups is 1. The van der Waals surface area contributed by atoms with Gasteiger partial charge in [0, 0.05) is 12.6 Å². The number of hydroxylamine groups is 2. The highest BCUT2D eigenvalue weighted by Gasteiger charge is 2.48. The van der Waals surface area contributed by atoms with Crippen molar-refractivity contribution in [1.82, 2.24) is 15.3 Å². The lowest BCUT2D eigenvalue weighted by molar-refractivity contribution is -0.0316. The third-order valence-corrected chi connectivity index (χ3v) is 4.89. The van der Waals surface area contributed by atoms with Crippen molar-refractivity contribution >= 4 is 22.3 Å². The van der Waals surface area contributed by atoms with E-state index in [1.807, 2.05) is 0 Å². The van der Waals surface area contributed by atoms with E-state index in [1.165, 1.54) is 4.90 Å². The zero-order valence-corrected chi connectivity index (χ0v) is 12.9. The summed E-state index contributed by atoms with van der Waals surface area (Å²) >= 11 is 0. The monoisotopic (exact) mass is 332 g/mol. The summed E-state index contributed by atoms with van der Waals surface area (Å²) < 4.78 is 34.8. The maximum Gasteiger partial charge on any atom is 0.418 e. The van der Waals surface area contributed by atoms with Crippen molar-refractivity contribution < 1.29 is 22.0 Å². The van der Waals surface area contributed by atoms with Crippen molar-refractivity contribution in [2.45, 2.75) is 56.7 Å². The molecule has 22 heavy (non-hydrogen) atoms. The van der Waals surface area contributed by atoms with E-state index in [0.717, 1.165) is 25.7 Å². The van der Waals surface area contributed by atoms with Crippen LogP contribution in [-0.2, 0) is 14.7 Å². The summed E-state index contributed by atoms with van der Waals surface area (Å²) in [6.45, 7) is 0.299. The molecule has 3 aliphatic rings. The van der Waals surface area contributed by atoms with Gasteiger partial charge in [0.1, 0.15) is 5.84 Å². The van der Waals surface area contributed by atoms with Gasteiger partial charge in [0.05, 0.1) is 12.1 Å². The molecule has 3 fully saturated rings. The van der Waals surface area contributed by atoms with E-state index in [9.17, 15) is 13.2 Å². The lowest BCUT2D eigenvalue weighted by Gasteiger charge is -2.32. The predicted molar refractivity (Wildman–Crippen MR) is 76.5 cm³/mol. The highest BCUT2D eigenvalue weighted by molar-refractivity contribution is 7.80. The highest BCUT2D eigenvalue weighted by Crippen LogP contribution is 2.31. The molecule has 1 aliphatic carbocycles. The van der Waals surface area contributed by atoms with Crippen LogP contribution >= 0.6 is 0 Å². The molecule has 0 radical (unpaired) electrons. The number of carbonyl (C=O) groups is 1. The van der Waals surface area contributed by atoms with Crippen molar-refractivity contribution in [3.8, 4) is 0 Å². The fourth-order valence-electron chi connectivity index (χ4n) is 3.52. The molecule has 0 aromatic heterocycles. The number of piperidine rings is 1. The second-order valence-corrected chi connectivity index (χ2v) is 7.05. The second-order valence-electron chi connectivity index (χ2n) is 6.05. The summed E-state index contributed by atoms with van der Waals surface area (Å²) in [6, 6.07) is -1.14. The molecule has 9 nitrogen and oxygen atoms in total. The van der Waals surface area contributed by atoms with E-state index in [0.29, 0.717) is 30.3 Å². The summed E-state index contributed by atoms with van der Waals surface area (Å²) in [7, 11) is -4.73. The third-order valence-electron chi connectivity index (χ3n) is 4.55. The predicted octanol–water partition coefficient (Wildman–Crippen LogP) is 0.499. The number of rotatable bonds is 4. The molecule has 3 rings (SSSR count). The molecule has 124 valence electrons. The van der Waals surface area contributed by atoms with Gasteiger partial charge in [-0.1, -0.05) is 12.8 Å². The van der Waals surface area contributed by atoms with Crippen LogP contribution in [0.25, 0.3) is 0 Å². The minimum absolute atomic E-state index is 0.285. The maximum atomic E-state index is 12.2. The Balaban J connectivity index is 1.67. The fraction of sp³-hybridized carbons (Fsp3) is 0.833. The Kier molecular flexibility index (Phi) is 4.00.